The summed E-state index contributed by atoms with van der Waals surface area (Å²) in [5, 5.41) is 0. The van der Waals surface area contributed by atoms with Gasteiger partial charge < -0.3 is 65.0 Å². The quantitative estimate of drug-likeness (QED) is 0.184. The molecule has 0 aromatic carbocycles. The fourth-order valence-electron chi connectivity index (χ4n) is 2.37. The first-order chi connectivity index (χ1) is 12.7. The van der Waals surface area contributed by atoms with Gasteiger partial charge in [0.05, 0.1) is 33.8 Å². The molecule has 1 fully saturated rings. The Morgan fingerprint density at radius 2 is 0.706 bits per heavy atom. The molecule has 1 aliphatic rings. The van der Waals surface area contributed by atoms with Gasteiger partial charge in [0, 0.05) is 39.3 Å². The normalized spacial score (nSPS) is 21.0. The first kappa shape index (κ1) is 48.7. The van der Waals surface area contributed by atoms with Crippen LogP contribution in [0.1, 0.15) is 0 Å². The van der Waals surface area contributed by atoms with E-state index in [0.29, 0.717) is 0 Å². The number of halogens is 1. The van der Waals surface area contributed by atoms with E-state index >= 15 is 0 Å². The summed E-state index contributed by atoms with van der Waals surface area (Å²) in [6.07, 6.45) is -2.01. The summed E-state index contributed by atoms with van der Waals surface area (Å²) in [6.45, 7) is 0.552. The minimum atomic E-state index is -4.69. The van der Waals surface area contributed by atoms with Crippen molar-refractivity contribution in [3.63, 3.8) is 0 Å². The van der Waals surface area contributed by atoms with Gasteiger partial charge in [-0.2, -0.15) is 14.0 Å². The van der Waals surface area contributed by atoms with Crippen molar-refractivity contribution >= 4 is 22.8 Å². The van der Waals surface area contributed by atoms with E-state index in [1.54, 1.807) is 0 Å². The van der Waals surface area contributed by atoms with E-state index in [0.717, 1.165) is 0 Å². The van der Waals surface area contributed by atoms with Crippen molar-refractivity contribution in [1.29, 1.82) is 0 Å². The fraction of sp³-hybridized carbons (Fsp3) is 1.00. The third-order valence-electron chi connectivity index (χ3n) is 3.33. The molecule has 0 spiro atoms. The smallest absolute Gasteiger partial charge is 0.778 e. The molecule has 25 heteroatoms. The molecule has 12 N–H and O–H groups in total. The Hall–Kier alpha value is 1.62. The Labute approximate surface area is 228 Å². The summed E-state index contributed by atoms with van der Waals surface area (Å²) in [7, 11) is -18.5. The molecule has 1 rings (SSSR count). The first-order valence-electron chi connectivity index (χ1n) is 7.62. The number of nitrogens with zero attached hydrogens (tertiary/aromatic N) is 3. The molecule has 1 radical (unpaired) electrons. The van der Waals surface area contributed by atoms with Crippen LogP contribution in [0.4, 0.5) is 0 Å². The molecule has 3 unspecified atom stereocenters. The van der Waals surface area contributed by atoms with Crippen molar-refractivity contribution in [3.8, 4) is 0 Å². The van der Waals surface area contributed by atoms with Gasteiger partial charge in [-0.25, -0.2) is 0 Å². The van der Waals surface area contributed by atoms with Crippen LogP contribution >= 0.6 is 22.8 Å². The van der Waals surface area contributed by atoms with Crippen LogP contribution in [0.3, 0.4) is 0 Å². The van der Waals surface area contributed by atoms with E-state index in [2.05, 4.69) is 0 Å². The van der Waals surface area contributed by atoms with Crippen molar-refractivity contribution < 1.29 is 134 Å². The Kier molecular flexibility index (Phi) is 29.4. The van der Waals surface area contributed by atoms with Crippen LogP contribution in [0.2, 0.25) is 0 Å². The van der Waals surface area contributed by atoms with Crippen LogP contribution in [0.5, 0.6) is 0 Å². The molecule has 0 aliphatic carbocycles. The molecule has 1 aliphatic heterocycles. The average molecular weight is 738 g/mol. The summed E-state index contributed by atoms with van der Waals surface area (Å²) < 4.78 is 65.9. The molecule has 34 heavy (non-hydrogen) atoms. The summed E-state index contributed by atoms with van der Waals surface area (Å²) in [5.41, 5.74) is 0. The molecular formula is C9H30ClGdN3O17P3. The van der Waals surface area contributed by atoms with Crippen molar-refractivity contribution in [2.24, 2.45) is 0 Å². The maximum atomic E-state index is 11.0. The van der Waals surface area contributed by atoms with Crippen molar-refractivity contribution in [3.05, 3.63) is 0 Å². The predicted molar refractivity (Wildman–Crippen MR) is 95.5 cm³/mol. The second-order valence-corrected chi connectivity index (χ2v) is 11.6. The maximum Gasteiger partial charge on any atom is 3.00 e. The molecular weight excluding hydrogens is 708 g/mol. The van der Waals surface area contributed by atoms with Crippen molar-refractivity contribution in [1.82, 2.24) is 14.7 Å². The van der Waals surface area contributed by atoms with Gasteiger partial charge in [-0.15, -0.1) is 0 Å². The van der Waals surface area contributed by atoms with Gasteiger partial charge in [0.15, 0.2) is 0 Å². The Balaban J connectivity index is -0.000000178. The topological polar surface area (TPSA) is 406 Å². The monoisotopic (exact) mass is 738 g/mol. The van der Waals surface area contributed by atoms with Crippen LogP contribution in [-0.2, 0) is 13.7 Å². The molecule has 0 saturated carbocycles. The molecule has 0 bridgehead atoms. The summed E-state index contributed by atoms with van der Waals surface area (Å²) >= 11 is 0. The largest absolute Gasteiger partial charge is 3.00 e. The van der Waals surface area contributed by atoms with Crippen molar-refractivity contribution in [2.75, 3.05) is 58.1 Å². The van der Waals surface area contributed by atoms with Crippen LogP contribution < -0.4 is 28.7 Å². The molecule has 1 heterocycles. The zero-order valence-corrected chi connectivity index (χ0v) is 22.9. The third kappa shape index (κ3) is 35.8. The van der Waals surface area contributed by atoms with Gasteiger partial charge in [0.25, 0.3) is 0 Å². The van der Waals surface area contributed by atoms with Crippen LogP contribution in [0.15, 0.2) is 0 Å². The number of rotatable bonds is 6. The van der Waals surface area contributed by atoms with Gasteiger partial charge in [-0.05, 0) is 0 Å². The summed E-state index contributed by atoms with van der Waals surface area (Å²) in [5.74, 6) is 0. The number of hydrogen-bond acceptors (Lipinski definition) is 13. The van der Waals surface area contributed by atoms with Crippen LogP contribution in [0, 0.1) is 50.2 Å². The summed E-state index contributed by atoms with van der Waals surface area (Å²) in [6, 6.07) is 0. The molecule has 1 saturated heterocycles. The second kappa shape index (κ2) is 20.6. The first-order valence-corrected chi connectivity index (χ1v) is 14.2. The Morgan fingerprint density at radius 1 is 0.588 bits per heavy atom. The molecule has 3 atom stereocenters. The minimum Gasteiger partial charge on any atom is -0.778 e. The third-order valence-corrected chi connectivity index (χ3v) is 5.61. The minimum absolute atomic E-state index is 0. The van der Waals surface area contributed by atoms with Crippen LogP contribution in [-0.4, -0.2) is 114 Å². The zero-order chi connectivity index (χ0) is 23.1. The standard InChI is InChI=1S/C9H24N3O9P3.ClHO4.Gd.4H2O/c13-22(14,15)7-10-1-2-11(8-23(16,17)18)5-6-12(4-3-10)9-24(19,20)21;2-1(3,4)5;;;;;/h1-9H2,(H2,13,14,15)(H2,16,17,18)(H2,19,20,21);(H,2,3,4,5);;4*1H2/q;;+3;;;;/p-3. The molecule has 0 aromatic heterocycles. The molecule has 0 amide bonds. The van der Waals surface area contributed by atoms with Gasteiger partial charge >= 0.3 is 39.9 Å². The number of hydrogen-bond donors (Lipinski definition) is 4. The van der Waals surface area contributed by atoms with E-state index in [1.165, 1.54) is 14.7 Å². The predicted octanol–water partition coefficient (Wildman–Crippen LogP) is -11.0. The van der Waals surface area contributed by atoms with E-state index in [1.807, 2.05) is 0 Å². The molecule has 0 aromatic rings. The SMILES string of the molecule is O.O.O.O.O=P([O-])(O)CN1CCN(CP(=O)([O-])O)CCN(CP(=O)([O-])O)CC1.[Gd+3].[O-][Cl+3]([O-])([O-])O. The van der Waals surface area contributed by atoms with Gasteiger partial charge in [-0.3, -0.25) is 14.7 Å². The van der Waals surface area contributed by atoms with E-state index in [-0.39, 0.29) is 101 Å². The summed E-state index contributed by atoms with van der Waals surface area (Å²) in [4.78, 5) is 64.0. The van der Waals surface area contributed by atoms with Crippen molar-refractivity contribution in [2.45, 2.75) is 0 Å². The zero-order valence-electron chi connectivity index (χ0n) is 17.2. The van der Waals surface area contributed by atoms with Gasteiger partial charge in [-0.1, -0.05) is 0 Å². The Bertz CT molecular complexity index is 547. The maximum absolute atomic E-state index is 11.0. The van der Waals surface area contributed by atoms with Crippen LogP contribution in [0.25, 0.3) is 0 Å². The van der Waals surface area contributed by atoms with Gasteiger partial charge in [0.1, 0.15) is 22.8 Å². The van der Waals surface area contributed by atoms with E-state index in [4.69, 9.17) is 33.3 Å². The molecule has 213 valence electrons. The Morgan fingerprint density at radius 3 is 0.794 bits per heavy atom. The fourth-order valence-corrected chi connectivity index (χ4v) is 4.73. The second-order valence-electron chi connectivity index (χ2n) is 6.09. The van der Waals surface area contributed by atoms with E-state index in [9.17, 15) is 28.4 Å². The average Bonchev–Trinajstić information content (AvgIpc) is 2.46. The van der Waals surface area contributed by atoms with Gasteiger partial charge in [0.2, 0.25) is 0 Å². The van der Waals surface area contributed by atoms with E-state index < -0.39 is 51.9 Å². The molecule has 20 nitrogen and oxygen atoms in total.